The Bertz CT molecular complexity index is 747. The number of aromatic nitrogens is 3. The van der Waals surface area contributed by atoms with E-state index in [1.165, 1.54) is 0 Å². The molecular weight excluding hydrogens is 338 g/mol. The van der Waals surface area contributed by atoms with Gasteiger partial charge in [-0.2, -0.15) is 5.10 Å². The molecule has 1 aliphatic heterocycles. The first-order valence-corrected chi connectivity index (χ1v) is 8.72. The van der Waals surface area contributed by atoms with Gasteiger partial charge in [-0.05, 0) is 43.2 Å². The van der Waals surface area contributed by atoms with Crippen LogP contribution in [-0.2, 0) is 6.42 Å². The zero-order chi connectivity index (χ0) is 16.7. The van der Waals surface area contributed by atoms with Crippen molar-refractivity contribution in [3.05, 3.63) is 41.9 Å². The van der Waals surface area contributed by atoms with Crippen LogP contribution >= 0.6 is 12.4 Å². The van der Waals surface area contributed by atoms with Gasteiger partial charge in [0, 0.05) is 25.3 Å². The smallest absolute Gasteiger partial charge is 0.257 e. The zero-order valence-corrected chi connectivity index (χ0v) is 15.2. The summed E-state index contributed by atoms with van der Waals surface area (Å²) in [4.78, 5) is 19.3. The molecule has 1 saturated heterocycles. The van der Waals surface area contributed by atoms with Gasteiger partial charge in [0.2, 0.25) is 0 Å². The van der Waals surface area contributed by atoms with Crippen molar-refractivity contribution in [2.24, 2.45) is 17.6 Å². The van der Waals surface area contributed by atoms with Crippen molar-refractivity contribution >= 4 is 18.3 Å². The maximum Gasteiger partial charge on any atom is 0.257 e. The van der Waals surface area contributed by atoms with E-state index < -0.39 is 0 Å². The summed E-state index contributed by atoms with van der Waals surface area (Å²) in [6, 6.07) is 5.94. The summed E-state index contributed by atoms with van der Waals surface area (Å²) < 4.78 is 1.77. The molecular formula is C18H24ClN5O. The lowest BCUT2D eigenvalue weighted by Gasteiger charge is -2.19. The first-order valence-electron chi connectivity index (χ1n) is 8.72. The van der Waals surface area contributed by atoms with Crippen molar-refractivity contribution in [1.82, 2.24) is 19.7 Å². The van der Waals surface area contributed by atoms with Crippen LogP contribution < -0.4 is 5.73 Å². The maximum absolute atomic E-state index is 13.0. The highest BCUT2D eigenvalue weighted by molar-refractivity contribution is 5.95. The highest BCUT2D eigenvalue weighted by Crippen LogP contribution is 2.37. The fraction of sp³-hybridized carbons (Fsp3) is 0.500. The predicted molar refractivity (Wildman–Crippen MR) is 98.1 cm³/mol. The van der Waals surface area contributed by atoms with Crippen LogP contribution in [0, 0.1) is 11.8 Å². The molecule has 2 aromatic heterocycles. The third-order valence-corrected chi connectivity index (χ3v) is 5.50. The number of nitrogens with two attached hydrogens (primary N) is 1. The SMILES string of the molecule is CCc1c(C(=O)N2CC3CCC(N)C3C2)cnn1-c1ccccn1.Cl. The van der Waals surface area contributed by atoms with Gasteiger partial charge in [0.05, 0.1) is 17.5 Å². The van der Waals surface area contributed by atoms with Crippen LogP contribution in [0.15, 0.2) is 30.6 Å². The van der Waals surface area contributed by atoms with Crippen molar-refractivity contribution in [1.29, 1.82) is 0 Å². The summed E-state index contributed by atoms with van der Waals surface area (Å²) in [5.74, 6) is 1.86. The molecule has 3 unspecified atom stereocenters. The number of carbonyl (C=O) groups excluding carboxylic acids is 1. The van der Waals surface area contributed by atoms with E-state index in [1.807, 2.05) is 30.0 Å². The average molecular weight is 362 g/mol. The van der Waals surface area contributed by atoms with Crippen LogP contribution in [0.4, 0.5) is 0 Å². The number of carbonyl (C=O) groups is 1. The first-order chi connectivity index (χ1) is 11.7. The molecule has 6 nitrogen and oxygen atoms in total. The van der Waals surface area contributed by atoms with Gasteiger partial charge in [0.15, 0.2) is 5.82 Å². The Balaban J connectivity index is 0.00000182. The molecule has 2 N–H and O–H groups in total. The van der Waals surface area contributed by atoms with Crippen LogP contribution in [0.5, 0.6) is 0 Å². The quantitative estimate of drug-likeness (QED) is 0.907. The molecule has 4 rings (SSSR count). The molecule has 2 fully saturated rings. The van der Waals surface area contributed by atoms with Crippen molar-refractivity contribution in [2.45, 2.75) is 32.2 Å². The van der Waals surface area contributed by atoms with E-state index in [4.69, 9.17) is 5.73 Å². The predicted octanol–water partition coefficient (Wildman–Crippen LogP) is 2.06. The lowest BCUT2D eigenvalue weighted by molar-refractivity contribution is 0.0778. The number of rotatable bonds is 3. The van der Waals surface area contributed by atoms with Crippen LogP contribution in [0.2, 0.25) is 0 Å². The lowest BCUT2D eigenvalue weighted by atomic mass is 9.98. The van der Waals surface area contributed by atoms with E-state index in [0.29, 0.717) is 17.4 Å². The number of likely N-dealkylation sites (tertiary alicyclic amines) is 1. The van der Waals surface area contributed by atoms with E-state index in [9.17, 15) is 4.79 Å². The van der Waals surface area contributed by atoms with Crippen molar-refractivity contribution in [2.75, 3.05) is 13.1 Å². The maximum atomic E-state index is 13.0. The molecule has 0 bridgehead atoms. The van der Waals surface area contributed by atoms with E-state index >= 15 is 0 Å². The second-order valence-corrected chi connectivity index (χ2v) is 6.83. The highest BCUT2D eigenvalue weighted by atomic mass is 35.5. The van der Waals surface area contributed by atoms with Gasteiger partial charge in [0.1, 0.15) is 0 Å². The Kier molecular flexibility index (Phi) is 5.11. The van der Waals surface area contributed by atoms with Crippen molar-refractivity contribution in [3.63, 3.8) is 0 Å². The summed E-state index contributed by atoms with van der Waals surface area (Å²) in [6.07, 6.45) is 6.39. The van der Waals surface area contributed by atoms with Gasteiger partial charge in [-0.1, -0.05) is 13.0 Å². The van der Waals surface area contributed by atoms with Crippen LogP contribution in [0.1, 0.15) is 35.8 Å². The normalized spacial score (nSPS) is 24.9. The molecule has 1 aliphatic carbocycles. The molecule has 1 saturated carbocycles. The van der Waals surface area contributed by atoms with E-state index in [2.05, 4.69) is 10.1 Å². The molecule has 7 heteroatoms. The minimum atomic E-state index is 0. The minimum absolute atomic E-state index is 0. The monoisotopic (exact) mass is 361 g/mol. The summed E-state index contributed by atoms with van der Waals surface area (Å²) in [7, 11) is 0. The van der Waals surface area contributed by atoms with Gasteiger partial charge in [-0.15, -0.1) is 12.4 Å². The van der Waals surface area contributed by atoms with Crippen LogP contribution in [0.3, 0.4) is 0 Å². The average Bonchev–Trinajstić information content (AvgIpc) is 3.30. The summed E-state index contributed by atoms with van der Waals surface area (Å²) in [5.41, 5.74) is 7.80. The molecule has 25 heavy (non-hydrogen) atoms. The van der Waals surface area contributed by atoms with E-state index in [1.54, 1.807) is 17.1 Å². The van der Waals surface area contributed by atoms with Gasteiger partial charge in [0.25, 0.3) is 5.91 Å². The number of hydrogen-bond donors (Lipinski definition) is 1. The van der Waals surface area contributed by atoms with Gasteiger partial charge >= 0.3 is 0 Å². The lowest BCUT2D eigenvalue weighted by Crippen LogP contribution is -2.33. The Morgan fingerprint density at radius 1 is 1.32 bits per heavy atom. The number of hydrogen-bond acceptors (Lipinski definition) is 4. The first kappa shape index (κ1) is 17.9. The molecule has 3 atom stereocenters. The van der Waals surface area contributed by atoms with Crippen LogP contribution in [0.25, 0.3) is 5.82 Å². The van der Waals surface area contributed by atoms with Crippen LogP contribution in [-0.4, -0.2) is 44.7 Å². The number of pyridine rings is 1. The molecule has 0 spiro atoms. The fourth-order valence-corrected chi connectivity index (χ4v) is 4.21. The highest BCUT2D eigenvalue weighted by Gasteiger charge is 2.43. The number of amides is 1. The number of nitrogens with zero attached hydrogens (tertiary/aromatic N) is 4. The van der Waals surface area contributed by atoms with E-state index in [0.717, 1.165) is 43.9 Å². The molecule has 3 heterocycles. The van der Waals surface area contributed by atoms with Gasteiger partial charge < -0.3 is 10.6 Å². The summed E-state index contributed by atoms with van der Waals surface area (Å²) in [6.45, 7) is 3.65. The summed E-state index contributed by atoms with van der Waals surface area (Å²) >= 11 is 0. The Morgan fingerprint density at radius 3 is 2.84 bits per heavy atom. The standard InChI is InChI=1S/C18H23N5O.ClH/c1-2-16-13(9-21-23(16)17-5-3-4-8-20-17)18(24)22-10-12-6-7-15(19)14(12)11-22;/h3-5,8-9,12,14-15H,2,6-7,10-11,19H2,1H3;1H. The van der Waals surface area contributed by atoms with Crippen molar-refractivity contribution in [3.8, 4) is 5.82 Å². The largest absolute Gasteiger partial charge is 0.338 e. The Hall–Kier alpha value is -1.92. The topological polar surface area (TPSA) is 77.0 Å². The zero-order valence-electron chi connectivity index (χ0n) is 14.3. The fourth-order valence-electron chi connectivity index (χ4n) is 4.21. The Labute approximate surface area is 153 Å². The third kappa shape index (κ3) is 3.04. The van der Waals surface area contributed by atoms with Crippen molar-refractivity contribution < 1.29 is 4.79 Å². The van der Waals surface area contributed by atoms with E-state index in [-0.39, 0.29) is 24.4 Å². The molecule has 2 aromatic rings. The van der Waals surface area contributed by atoms with Gasteiger partial charge in [-0.25, -0.2) is 9.67 Å². The minimum Gasteiger partial charge on any atom is -0.338 e. The second-order valence-electron chi connectivity index (χ2n) is 6.83. The number of halogens is 1. The number of fused-ring (bicyclic) bond motifs is 1. The molecule has 134 valence electrons. The third-order valence-electron chi connectivity index (χ3n) is 5.50. The second kappa shape index (κ2) is 7.14. The molecule has 0 radical (unpaired) electrons. The molecule has 0 aromatic carbocycles. The summed E-state index contributed by atoms with van der Waals surface area (Å²) in [5, 5.41) is 4.42. The Morgan fingerprint density at radius 2 is 2.16 bits per heavy atom. The van der Waals surface area contributed by atoms with Gasteiger partial charge in [-0.3, -0.25) is 4.79 Å². The molecule has 1 amide bonds. The molecule has 2 aliphatic rings.